The van der Waals surface area contributed by atoms with Crippen molar-refractivity contribution in [3.8, 4) is 0 Å². The van der Waals surface area contributed by atoms with Gasteiger partial charge < -0.3 is 40.9 Å². The fraction of sp³-hybridized carbons (Fsp3) is 0.515. The summed E-state index contributed by atoms with van der Waals surface area (Å²) in [6, 6.07) is 33.2. The van der Waals surface area contributed by atoms with E-state index < -0.39 is 23.9 Å². The third-order valence-electron chi connectivity index (χ3n) is 12.0. The highest BCUT2D eigenvalue weighted by molar-refractivity contribution is 5.88. The Morgan fingerprint density at radius 1 is 0.474 bits per heavy atom. The van der Waals surface area contributed by atoms with E-state index in [2.05, 4.69) is 60.8 Å². The quantitative estimate of drug-likeness (QED) is 0.0275. The SMILES string of the molecule is C=CC(CCCC)CC(CC)CCCC.C=CCCC(C)(C)CC.CCCC(O)CC(C)O.CCCC(O)CC(C)O.O=C(O)c1ccccc1.O=C(O)c1ccccc1.O=C(O)c1ccccc1.O=C(O)c1ccccc1. The lowest BCUT2D eigenvalue weighted by atomic mass is 9.85. The maximum Gasteiger partial charge on any atom is 0.335 e. The molecule has 12 nitrogen and oxygen atoms in total. The lowest BCUT2D eigenvalue weighted by Crippen LogP contribution is -2.14. The van der Waals surface area contributed by atoms with Crippen molar-refractivity contribution in [2.24, 2.45) is 17.3 Å². The Hall–Kier alpha value is -5.92. The number of aromatic carboxylic acids is 4. The summed E-state index contributed by atoms with van der Waals surface area (Å²) in [4.78, 5) is 40.8. The second-order valence-electron chi connectivity index (χ2n) is 19.9. The van der Waals surface area contributed by atoms with E-state index in [-0.39, 0.29) is 24.4 Å². The minimum Gasteiger partial charge on any atom is -0.478 e. The molecule has 0 bridgehead atoms. The summed E-state index contributed by atoms with van der Waals surface area (Å²) in [7, 11) is 0. The standard InChI is InChI=1S/C15H30.C9H18.4C7H6O2.2C7H16O2/c1-5-9-11-14(7-3)13-15(8-4)12-10-6-2;1-5-7-8-9(3,4)6-2;4*8-7(9)6-4-2-1-3-5-6;2*1-3-4-7(9)5-6(2)8/h7,14-15H,3,5-6,8-13H2,1-2,4H3;5H,1,6-8H2,2-4H3;4*1-5H,(H,8,9);2*6-9H,3-5H2,1-2H3. The van der Waals surface area contributed by atoms with Crippen molar-refractivity contribution >= 4 is 23.9 Å². The van der Waals surface area contributed by atoms with Crippen molar-refractivity contribution in [2.45, 2.75) is 203 Å². The molecule has 6 unspecified atom stereocenters. The molecule has 12 heteroatoms. The first-order valence-electron chi connectivity index (χ1n) is 28.0. The molecule has 4 aromatic carbocycles. The summed E-state index contributed by atoms with van der Waals surface area (Å²) < 4.78 is 0. The van der Waals surface area contributed by atoms with Crippen LogP contribution in [0.2, 0.25) is 0 Å². The number of unbranched alkanes of at least 4 members (excludes halogenated alkanes) is 2. The van der Waals surface area contributed by atoms with Crippen LogP contribution in [-0.2, 0) is 0 Å². The molecular formula is C66H104O12. The summed E-state index contributed by atoms with van der Waals surface area (Å²) in [5, 5.41) is 69.2. The molecular weight excluding hydrogens is 985 g/mol. The van der Waals surface area contributed by atoms with Gasteiger partial charge in [0.15, 0.2) is 0 Å². The van der Waals surface area contributed by atoms with E-state index in [4.69, 9.17) is 40.9 Å². The van der Waals surface area contributed by atoms with Gasteiger partial charge in [0.25, 0.3) is 0 Å². The molecule has 4 aromatic rings. The molecule has 0 spiro atoms. The summed E-state index contributed by atoms with van der Waals surface area (Å²) in [6.45, 7) is 28.8. The number of carboxylic acid groups (broad SMARTS) is 4. The Labute approximate surface area is 471 Å². The molecule has 4 rings (SSSR count). The van der Waals surface area contributed by atoms with E-state index in [1.54, 1.807) is 135 Å². The van der Waals surface area contributed by atoms with Crippen molar-refractivity contribution in [3.05, 3.63) is 169 Å². The zero-order chi connectivity index (χ0) is 60.2. The number of benzene rings is 4. The number of aliphatic hydroxyl groups is 4. The fourth-order valence-electron chi connectivity index (χ4n) is 6.89. The molecule has 440 valence electrons. The first-order chi connectivity index (χ1) is 36.9. The number of carbonyl (C=O) groups is 4. The molecule has 6 atom stereocenters. The first kappa shape index (κ1) is 78.6. The number of rotatable bonds is 26. The lowest BCUT2D eigenvalue weighted by Gasteiger charge is -2.20. The Balaban J connectivity index is -0.000000404. The molecule has 0 saturated carbocycles. The van der Waals surface area contributed by atoms with Gasteiger partial charge in [-0.3, -0.25) is 0 Å². The van der Waals surface area contributed by atoms with E-state index >= 15 is 0 Å². The second-order valence-corrected chi connectivity index (χ2v) is 19.9. The van der Waals surface area contributed by atoms with Gasteiger partial charge in [0.1, 0.15) is 0 Å². The van der Waals surface area contributed by atoms with Gasteiger partial charge in [-0.25, -0.2) is 19.2 Å². The monoisotopic (exact) mass is 1090 g/mol. The summed E-state index contributed by atoms with van der Waals surface area (Å²) in [5.41, 5.74) is 1.85. The minimum absolute atomic E-state index is 0.310. The maximum absolute atomic E-state index is 10.2. The molecule has 0 radical (unpaired) electrons. The average Bonchev–Trinajstić information content (AvgIpc) is 3.42. The van der Waals surface area contributed by atoms with Crippen LogP contribution >= 0.6 is 0 Å². The number of allylic oxidation sites excluding steroid dienone is 2. The molecule has 0 saturated heterocycles. The van der Waals surface area contributed by atoms with Gasteiger partial charge in [-0.1, -0.05) is 198 Å². The largest absolute Gasteiger partial charge is 0.478 e. The van der Waals surface area contributed by atoms with Crippen LogP contribution in [-0.4, -0.2) is 89.1 Å². The van der Waals surface area contributed by atoms with Gasteiger partial charge in [-0.05, 0) is 131 Å². The number of hydrogen-bond acceptors (Lipinski definition) is 8. The van der Waals surface area contributed by atoms with Crippen LogP contribution in [0.15, 0.2) is 147 Å². The predicted molar refractivity (Wildman–Crippen MR) is 323 cm³/mol. The third kappa shape index (κ3) is 52.1. The Bertz CT molecular complexity index is 1790. The van der Waals surface area contributed by atoms with Crippen LogP contribution in [0.3, 0.4) is 0 Å². The van der Waals surface area contributed by atoms with Gasteiger partial charge >= 0.3 is 23.9 Å². The van der Waals surface area contributed by atoms with E-state index in [1.165, 1.54) is 64.2 Å². The third-order valence-corrected chi connectivity index (χ3v) is 12.0. The number of hydrogen-bond donors (Lipinski definition) is 8. The van der Waals surface area contributed by atoms with Crippen LogP contribution in [0.1, 0.15) is 220 Å². The van der Waals surface area contributed by atoms with Crippen LogP contribution in [0, 0.1) is 17.3 Å². The number of carboxylic acids is 4. The zero-order valence-electron chi connectivity index (χ0n) is 49.3. The Morgan fingerprint density at radius 3 is 0.987 bits per heavy atom. The molecule has 0 aliphatic heterocycles. The molecule has 8 N–H and O–H groups in total. The highest BCUT2D eigenvalue weighted by atomic mass is 16.4. The van der Waals surface area contributed by atoms with E-state index in [9.17, 15) is 19.2 Å². The average molecular weight is 1090 g/mol. The van der Waals surface area contributed by atoms with Gasteiger partial charge in [-0.15, -0.1) is 13.2 Å². The zero-order valence-corrected chi connectivity index (χ0v) is 49.3. The number of aliphatic hydroxyl groups excluding tert-OH is 4. The molecule has 78 heavy (non-hydrogen) atoms. The van der Waals surface area contributed by atoms with Gasteiger partial charge in [0.2, 0.25) is 0 Å². The van der Waals surface area contributed by atoms with Crippen molar-refractivity contribution in [2.75, 3.05) is 0 Å². The van der Waals surface area contributed by atoms with Gasteiger partial charge in [0, 0.05) is 0 Å². The van der Waals surface area contributed by atoms with E-state index in [0.717, 1.165) is 43.9 Å². The highest BCUT2D eigenvalue weighted by Gasteiger charge is 2.13. The smallest absolute Gasteiger partial charge is 0.335 e. The Kier molecular flexibility index (Phi) is 53.5. The molecule has 0 aliphatic carbocycles. The molecule has 0 aliphatic rings. The summed E-state index contributed by atoms with van der Waals surface area (Å²) >= 11 is 0. The van der Waals surface area contributed by atoms with E-state index in [0.29, 0.717) is 40.5 Å². The normalized spacial score (nSPS) is 12.3. The molecule has 0 aromatic heterocycles. The van der Waals surface area contributed by atoms with Crippen LogP contribution in [0.5, 0.6) is 0 Å². The van der Waals surface area contributed by atoms with Crippen molar-refractivity contribution in [1.29, 1.82) is 0 Å². The minimum atomic E-state index is -0.879. The van der Waals surface area contributed by atoms with Crippen molar-refractivity contribution < 1.29 is 60.0 Å². The fourth-order valence-corrected chi connectivity index (χ4v) is 6.89. The summed E-state index contributed by atoms with van der Waals surface area (Å²) in [5.74, 6) is -1.81. The first-order valence-corrected chi connectivity index (χ1v) is 28.0. The second kappa shape index (κ2) is 53.1. The van der Waals surface area contributed by atoms with Crippen LogP contribution in [0.25, 0.3) is 0 Å². The lowest BCUT2D eigenvalue weighted by molar-refractivity contribution is 0.0686. The Morgan fingerprint density at radius 2 is 0.782 bits per heavy atom. The van der Waals surface area contributed by atoms with Crippen LogP contribution in [0.4, 0.5) is 0 Å². The summed E-state index contributed by atoms with van der Waals surface area (Å²) in [6.07, 6.45) is 22.0. The van der Waals surface area contributed by atoms with Gasteiger partial charge in [0.05, 0.1) is 46.7 Å². The van der Waals surface area contributed by atoms with Crippen molar-refractivity contribution in [1.82, 2.24) is 0 Å². The molecule has 0 fully saturated rings. The van der Waals surface area contributed by atoms with Crippen molar-refractivity contribution in [3.63, 3.8) is 0 Å². The maximum atomic E-state index is 10.2. The molecule has 0 amide bonds. The van der Waals surface area contributed by atoms with E-state index in [1.807, 2.05) is 19.9 Å². The highest BCUT2D eigenvalue weighted by Crippen LogP contribution is 2.26. The van der Waals surface area contributed by atoms with Gasteiger partial charge in [-0.2, -0.15) is 0 Å². The molecule has 0 heterocycles. The predicted octanol–water partition coefficient (Wildman–Crippen LogP) is 16.3. The topological polar surface area (TPSA) is 230 Å². The van der Waals surface area contributed by atoms with Crippen LogP contribution < -0.4 is 0 Å².